The van der Waals surface area contributed by atoms with Crippen LogP contribution in [0.4, 0.5) is 0 Å². The Balaban J connectivity index is 2.27. The first-order chi connectivity index (χ1) is 9.16. The molecular weight excluding hydrogens is 256 g/mol. The van der Waals surface area contributed by atoms with Crippen molar-refractivity contribution in [3.05, 3.63) is 59.0 Å². The van der Waals surface area contributed by atoms with E-state index in [2.05, 4.69) is 19.1 Å². The van der Waals surface area contributed by atoms with Crippen molar-refractivity contribution < 1.29 is 9.90 Å². The molecule has 1 aromatic heterocycles. The van der Waals surface area contributed by atoms with Gasteiger partial charge < -0.3 is 5.11 Å². The fraction of sp³-hybridized carbons (Fsp3) is 0.0625. The van der Waals surface area contributed by atoms with Gasteiger partial charge in [-0.3, -0.25) is 0 Å². The largest absolute Gasteiger partial charge is 0.478 e. The molecule has 94 valence electrons. The van der Waals surface area contributed by atoms with Gasteiger partial charge in [0.15, 0.2) is 0 Å². The highest BCUT2D eigenvalue weighted by molar-refractivity contribution is 7.19. The SMILES string of the molecule is Cc1sc2ccccc2c1-c1cccc(C(=O)O)c1. The zero-order chi connectivity index (χ0) is 13.4. The van der Waals surface area contributed by atoms with Gasteiger partial charge in [-0.05, 0) is 30.7 Å². The van der Waals surface area contributed by atoms with Gasteiger partial charge in [-0.1, -0.05) is 30.3 Å². The van der Waals surface area contributed by atoms with Crippen LogP contribution in [0.5, 0.6) is 0 Å². The van der Waals surface area contributed by atoms with E-state index in [-0.39, 0.29) is 0 Å². The maximum atomic E-state index is 11.1. The number of carboxylic acid groups (broad SMARTS) is 1. The van der Waals surface area contributed by atoms with E-state index in [1.54, 1.807) is 29.5 Å². The average molecular weight is 268 g/mol. The third kappa shape index (κ3) is 2.02. The average Bonchev–Trinajstić information content (AvgIpc) is 2.74. The predicted molar refractivity (Wildman–Crippen MR) is 79.0 cm³/mol. The van der Waals surface area contributed by atoms with Crippen LogP contribution < -0.4 is 0 Å². The maximum absolute atomic E-state index is 11.1. The van der Waals surface area contributed by atoms with E-state index >= 15 is 0 Å². The van der Waals surface area contributed by atoms with Crippen LogP contribution in [-0.2, 0) is 0 Å². The summed E-state index contributed by atoms with van der Waals surface area (Å²) in [6, 6.07) is 15.3. The summed E-state index contributed by atoms with van der Waals surface area (Å²) < 4.78 is 1.23. The van der Waals surface area contributed by atoms with Crippen molar-refractivity contribution in [3.63, 3.8) is 0 Å². The van der Waals surface area contributed by atoms with Crippen molar-refractivity contribution in [1.82, 2.24) is 0 Å². The van der Waals surface area contributed by atoms with Gasteiger partial charge in [0.25, 0.3) is 0 Å². The summed E-state index contributed by atoms with van der Waals surface area (Å²) in [4.78, 5) is 12.3. The topological polar surface area (TPSA) is 37.3 Å². The molecule has 3 heteroatoms. The van der Waals surface area contributed by atoms with Gasteiger partial charge in [0.1, 0.15) is 0 Å². The minimum Gasteiger partial charge on any atom is -0.478 e. The molecule has 1 heterocycles. The van der Waals surface area contributed by atoms with E-state index in [4.69, 9.17) is 5.11 Å². The van der Waals surface area contributed by atoms with Crippen LogP contribution in [0.2, 0.25) is 0 Å². The van der Waals surface area contributed by atoms with Gasteiger partial charge in [-0.15, -0.1) is 11.3 Å². The van der Waals surface area contributed by atoms with E-state index < -0.39 is 5.97 Å². The summed E-state index contributed by atoms with van der Waals surface area (Å²) in [7, 11) is 0. The standard InChI is InChI=1S/C16H12O2S/c1-10-15(13-7-2-3-8-14(13)19-10)11-5-4-6-12(9-11)16(17)18/h2-9H,1H3,(H,17,18). The molecule has 2 nitrogen and oxygen atoms in total. The lowest BCUT2D eigenvalue weighted by molar-refractivity contribution is 0.0697. The second kappa shape index (κ2) is 4.52. The fourth-order valence-electron chi connectivity index (χ4n) is 2.33. The molecule has 0 aliphatic carbocycles. The van der Waals surface area contributed by atoms with Crippen LogP contribution in [0.15, 0.2) is 48.5 Å². The first kappa shape index (κ1) is 11.9. The Kier molecular flexibility index (Phi) is 2.84. The molecule has 0 aliphatic heterocycles. The molecule has 0 saturated heterocycles. The number of carboxylic acids is 1. The quantitative estimate of drug-likeness (QED) is 0.739. The van der Waals surface area contributed by atoms with Crippen LogP contribution >= 0.6 is 11.3 Å². The Labute approximate surface area is 114 Å². The Morgan fingerprint density at radius 1 is 1.11 bits per heavy atom. The Morgan fingerprint density at radius 3 is 2.68 bits per heavy atom. The number of hydrogen-bond donors (Lipinski definition) is 1. The first-order valence-corrected chi connectivity index (χ1v) is 6.80. The summed E-state index contributed by atoms with van der Waals surface area (Å²) in [5.41, 5.74) is 2.44. The summed E-state index contributed by atoms with van der Waals surface area (Å²) in [6.07, 6.45) is 0. The second-order valence-electron chi connectivity index (χ2n) is 4.42. The molecule has 2 aromatic carbocycles. The zero-order valence-corrected chi connectivity index (χ0v) is 11.2. The maximum Gasteiger partial charge on any atom is 0.335 e. The van der Waals surface area contributed by atoms with Crippen molar-refractivity contribution in [1.29, 1.82) is 0 Å². The van der Waals surface area contributed by atoms with E-state index in [1.165, 1.54) is 15.0 Å². The van der Waals surface area contributed by atoms with Gasteiger partial charge in [0, 0.05) is 20.5 Å². The molecule has 1 N–H and O–H groups in total. The van der Waals surface area contributed by atoms with E-state index in [9.17, 15) is 4.79 Å². The van der Waals surface area contributed by atoms with Gasteiger partial charge in [0.2, 0.25) is 0 Å². The number of thiophene rings is 1. The van der Waals surface area contributed by atoms with Crippen molar-refractivity contribution in [3.8, 4) is 11.1 Å². The smallest absolute Gasteiger partial charge is 0.335 e. The molecule has 19 heavy (non-hydrogen) atoms. The highest BCUT2D eigenvalue weighted by Gasteiger charge is 2.12. The molecule has 0 fully saturated rings. The van der Waals surface area contributed by atoms with Gasteiger partial charge >= 0.3 is 5.97 Å². The van der Waals surface area contributed by atoms with E-state index in [1.807, 2.05) is 18.2 Å². The monoisotopic (exact) mass is 268 g/mol. The highest BCUT2D eigenvalue weighted by atomic mass is 32.1. The number of aromatic carboxylic acids is 1. The number of carbonyl (C=O) groups is 1. The van der Waals surface area contributed by atoms with Crippen LogP contribution in [0.1, 0.15) is 15.2 Å². The normalized spacial score (nSPS) is 10.8. The molecular formula is C16H12O2S. The molecule has 3 rings (SSSR count). The Bertz CT molecular complexity index is 771. The minimum atomic E-state index is -0.890. The number of aryl methyl sites for hydroxylation is 1. The zero-order valence-electron chi connectivity index (χ0n) is 10.4. The molecule has 0 unspecified atom stereocenters. The van der Waals surface area contributed by atoms with Crippen molar-refractivity contribution in [2.45, 2.75) is 6.92 Å². The summed E-state index contributed by atoms with van der Waals surface area (Å²) >= 11 is 1.74. The third-order valence-corrected chi connectivity index (χ3v) is 4.26. The lowest BCUT2D eigenvalue weighted by atomic mass is 10.0. The van der Waals surface area contributed by atoms with Gasteiger partial charge in [-0.25, -0.2) is 4.79 Å². The third-order valence-electron chi connectivity index (χ3n) is 3.17. The summed E-state index contributed by atoms with van der Waals surface area (Å²) in [5.74, 6) is -0.890. The lowest BCUT2D eigenvalue weighted by Crippen LogP contribution is -1.95. The van der Waals surface area contributed by atoms with Crippen LogP contribution in [0.25, 0.3) is 21.2 Å². The van der Waals surface area contributed by atoms with E-state index in [0.29, 0.717) is 5.56 Å². The van der Waals surface area contributed by atoms with Crippen molar-refractivity contribution in [2.24, 2.45) is 0 Å². The van der Waals surface area contributed by atoms with Crippen LogP contribution in [0.3, 0.4) is 0 Å². The van der Waals surface area contributed by atoms with Crippen molar-refractivity contribution >= 4 is 27.4 Å². The van der Waals surface area contributed by atoms with Gasteiger partial charge in [0.05, 0.1) is 5.56 Å². The van der Waals surface area contributed by atoms with Crippen molar-refractivity contribution in [2.75, 3.05) is 0 Å². The molecule has 3 aromatic rings. The number of hydrogen-bond acceptors (Lipinski definition) is 2. The molecule has 0 spiro atoms. The molecule has 0 bridgehead atoms. The highest BCUT2D eigenvalue weighted by Crippen LogP contribution is 2.38. The summed E-state index contributed by atoms with van der Waals surface area (Å²) in [6.45, 7) is 2.08. The molecule has 0 radical (unpaired) electrons. The number of rotatable bonds is 2. The first-order valence-electron chi connectivity index (χ1n) is 5.98. The second-order valence-corrected chi connectivity index (χ2v) is 5.67. The summed E-state index contributed by atoms with van der Waals surface area (Å²) in [5, 5.41) is 10.3. The fourth-order valence-corrected chi connectivity index (χ4v) is 3.42. The molecule has 0 saturated carbocycles. The van der Waals surface area contributed by atoms with E-state index in [0.717, 1.165) is 11.1 Å². The lowest BCUT2D eigenvalue weighted by Gasteiger charge is -2.03. The minimum absolute atomic E-state index is 0.326. The Hall–Kier alpha value is -2.13. The predicted octanol–water partition coefficient (Wildman–Crippen LogP) is 4.57. The Morgan fingerprint density at radius 2 is 1.89 bits per heavy atom. The van der Waals surface area contributed by atoms with Crippen LogP contribution in [0, 0.1) is 6.92 Å². The molecule has 0 amide bonds. The molecule has 0 atom stereocenters. The van der Waals surface area contributed by atoms with Gasteiger partial charge in [-0.2, -0.15) is 0 Å². The number of fused-ring (bicyclic) bond motifs is 1. The molecule has 0 aliphatic rings. The number of benzene rings is 2. The van der Waals surface area contributed by atoms with Crippen LogP contribution in [-0.4, -0.2) is 11.1 Å².